The Labute approximate surface area is 189 Å². The van der Waals surface area contributed by atoms with Crippen molar-refractivity contribution in [3.63, 3.8) is 0 Å². The van der Waals surface area contributed by atoms with Crippen molar-refractivity contribution in [3.8, 4) is 5.69 Å². The van der Waals surface area contributed by atoms with Crippen LogP contribution in [0.1, 0.15) is 21.7 Å². The summed E-state index contributed by atoms with van der Waals surface area (Å²) in [6, 6.07) is 10.4. The van der Waals surface area contributed by atoms with Crippen LogP contribution >= 0.6 is 15.9 Å². The van der Waals surface area contributed by atoms with Crippen molar-refractivity contribution in [2.75, 3.05) is 5.32 Å². The van der Waals surface area contributed by atoms with Crippen molar-refractivity contribution in [1.82, 2.24) is 19.5 Å². The third-order valence-electron chi connectivity index (χ3n) is 4.57. The fourth-order valence-electron chi connectivity index (χ4n) is 3.05. The molecule has 0 spiro atoms. The average Bonchev–Trinajstić information content (AvgIpc) is 3.22. The number of amides is 1. The molecule has 3 N–H and O–H groups in total. The number of aromatic carboxylic acids is 1. The number of carbonyl (C=O) groups is 2. The Hall–Kier alpha value is -3.99. The Morgan fingerprint density at radius 3 is 2.72 bits per heavy atom. The standard InChI is InChI=1S/C21H16BrN5O5/c1-11-6-15-16(25-18(20(29)30)19(28)26-15)7-17(11)27-8-14(23-10-27)9-32-21(31)24-13-4-2-12(22)3-5-13/h2-8,10H,9H2,1H3,(H,24,31)(H,26,28)(H,29,30). The molecule has 0 aliphatic rings. The Balaban J connectivity index is 1.51. The molecule has 2 aromatic heterocycles. The number of H-pyrrole nitrogens is 1. The molecule has 4 aromatic rings. The van der Waals surface area contributed by atoms with Crippen LogP contribution in [-0.4, -0.2) is 36.7 Å². The summed E-state index contributed by atoms with van der Waals surface area (Å²) < 4.78 is 7.81. The van der Waals surface area contributed by atoms with Gasteiger partial charge in [-0.25, -0.2) is 19.6 Å². The summed E-state index contributed by atoms with van der Waals surface area (Å²) in [5.41, 5.74) is 2.00. The third-order valence-corrected chi connectivity index (χ3v) is 5.10. The maximum atomic E-state index is 12.0. The molecule has 10 nitrogen and oxygen atoms in total. The van der Waals surface area contributed by atoms with Crippen LogP contribution in [0.15, 0.2) is 58.2 Å². The highest BCUT2D eigenvalue weighted by Crippen LogP contribution is 2.20. The fraction of sp³-hybridized carbons (Fsp3) is 0.0952. The molecule has 0 unspecified atom stereocenters. The van der Waals surface area contributed by atoms with Gasteiger partial charge in [-0.2, -0.15) is 0 Å². The van der Waals surface area contributed by atoms with Gasteiger partial charge in [-0.05, 0) is 48.9 Å². The second-order valence-electron chi connectivity index (χ2n) is 6.86. The highest BCUT2D eigenvalue weighted by Gasteiger charge is 2.14. The Kier molecular flexibility index (Phi) is 5.73. The molecule has 162 valence electrons. The van der Waals surface area contributed by atoms with Crippen molar-refractivity contribution in [2.24, 2.45) is 0 Å². The molecule has 0 saturated heterocycles. The Morgan fingerprint density at radius 1 is 1.25 bits per heavy atom. The number of ether oxygens (including phenoxy) is 1. The zero-order chi connectivity index (χ0) is 22.8. The number of aromatic amines is 1. The number of nitrogens with zero attached hydrogens (tertiary/aromatic N) is 3. The number of carbonyl (C=O) groups excluding carboxylic acids is 1. The summed E-state index contributed by atoms with van der Waals surface area (Å²) in [6.45, 7) is 1.79. The molecule has 0 radical (unpaired) electrons. The maximum absolute atomic E-state index is 12.0. The number of fused-ring (bicyclic) bond motifs is 1. The highest BCUT2D eigenvalue weighted by atomic mass is 79.9. The number of carboxylic acid groups (broad SMARTS) is 1. The summed E-state index contributed by atoms with van der Waals surface area (Å²) in [4.78, 5) is 45.8. The van der Waals surface area contributed by atoms with Crippen molar-refractivity contribution in [1.29, 1.82) is 0 Å². The van der Waals surface area contributed by atoms with E-state index in [9.17, 15) is 14.4 Å². The lowest BCUT2D eigenvalue weighted by molar-refractivity contribution is 0.0688. The third kappa shape index (κ3) is 4.52. The quantitative estimate of drug-likeness (QED) is 0.382. The lowest BCUT2D eigenvalue weighted by Gasteiger charge is -2.09. The molecule has 4 rings (SSSR count). The van der Waals surface area contributed by atoms with Gasteiger partial charge < -0.3 is 19.4 Å². The predicted octanol–water partition coefficient (Wildman–Crippen LogP) is 3.63. The van der Waals surface area contributed by atoms with E-state index in [1.54, 1.807) is 53.5 Å². The van der Waals surface area contributed by atoms with Crippen LogP contribution in [0.5, 0.6) is 0 Å². The lowest BCUT2D eigenvalue weighted by Crippen LogP contribution is -2.20. The molecular weight excluding hydrogens is 482 g/mol. The number of anilines is 1. The second kappa shape index (κ2) is 8.63. The second-order valence-corrected chi connectivity index (χ2v) is 7.77. The largest absolute Gasteiger partial charge is 0.476 e. The summed E-state index contributed by atoms with van der Waals surface area (Å²) >= 11 is 3.33. The molecule has 0 saturated carbocycles. The van der Waals surface area contributed by atoms with Crippen LogP contribution in [0, 0.1) is 6.92 Å². The molecule has 0 fully saturated rings. The topological polar surface area (TPSA) is 139 Å². The van der Waals surface area contributed by atoms with Gasteiger partial charge in [0.1, 0.15) is 6.61 Å². The first-order valence-electron chi connectivity index (χ1n) is 9.31. The van der Waals surface area contributed by atoms with E-state index in [0.717, 1.165) is 10.0 Å². The SMILES string of the molecule is Cc1cc2[nH]c(=O)c(C(=O)O)nc2cc1-n1cnc(COC(=O)Nc2ccc(Br)cc2)c1. The minimum absolute atomic E-state index is 0.0449. The first kappa shape index (κ1) is 21.2. The van der Waals surface area contributed by atoms with Crippen molar-refractivity contribution in [2.45, 2.75) is 13.5 Å². The molecule has 0 atom stereocenters. The predicted molar refractivity (Wildman–Crippen MR) is 119 cm³/mol. The molecule has 2 heterocycles. The van der Waals surface area contributed by atoms with Crippen LogP contribution < -0.4 is 10.9 Å². The van der Waals surface area contributed by atoms with E-state index in [2.05, 4.69) is 36.2 Å². The van der Waals surface area contributed by atoms with Gasteiger partial charge in [0.2, 0.25) is 5.69 Å². The van der Waals surface area contributed by atoms with Gasteiger partial charge in [0, 0.05) is 16.4 Å². The van der Waals surface area contributed by atoms with E-state index < -0.39 is 23.3 Å². The molecule has 0 aliphatic heterocycles. The summed E-state index contributed by atoms with van der Waals surface area (Å²) in [6.07, 6.45) is 2.62. The van der Waals surface area contributed by atoms with Crippen LogP contribution in [0.4, 0.5) is 10.5 Å². The molecule has 1 amide bonds. The Morgan fingerprint density at radius 2 is 2.00 bits per heavy atom. The van der Waals surface area contributed by atoms with Gasteiger partial charge in [-0.15, -0.1) is 0 Å². The lowest BCUT2D eigenvalue weighted by atomic mass is 10.1. The van der Waals surface area contributed by atoms with E-state index in [1.165, 1.54) is 0 Å². The molecule has 32 heavy (non-hydrogen) atoms. The zero-order valence-electron chi connectivity index (χ0n) is 16.6. The fourth-order valence-corrected chi connectivity index (χ4v) is 3.31. The normalized spacial score (nSPS) is 10.8. The first-order chi connectivity index (χ1) is 15.3. The van der Waals surface area contributed by atoms with Crippen molar-refractivity contribution in [3.05, 3.63) is 80.7 Å². The van der Waals surface area contributed by atoms with Gasteiger partial charge in [0.15, 0.2) is 0 Å². The minimum atomic E-state index is -1.40. The molecule has 2 aromatic carbocycles. The van der Waals surface area contributed by atoms with E-state index in [0.29, 0.717) is 28.1 Å². The van der Waals surface area contributed by atoms with E-state index >= 15 is 0 Å². The minimum Gasteiger partial charge on any atom is -0.476 e. The number of benzene rings is 2. The number of nitrogens with one attached hydrogen (secondary N) is 2. The zero-order valence-corrected chi connectivity index (χ0v) is 18.2. The van der Waals surface area contributed by atoms with Crippen molar-refractivity contribution >= 4 is 44.7 Å². The smallest absolute Gasteiger partial charge is 0.412 e. The number of hydrogen-bond donors (Lipinski definition) is 3. The number of carboxylic acids is 1. The van der Waals surface area contributed by atoms with Gasteiger partial charge in [-0.3, -0.25) is 10.1 Å². The molecule has 0 aliphatic carbocycles. The summed E-state index contributed by atoms with van der Waals surface area (Å²) in [5, 5.41) is 11.8. The Bertz CT molecular complexity index is 1390. The monoisotopic (exact) mass is 497 g/mol. The number of halogens is 1. The van der Waals surface area contributed by atoms with Crippen LogP contribution in [0.3, 0.4) is 0 Å². The molecule has 0 bridgehead atoms. The van der Waals surface area contributed by atoms with E-state index in [4.69, 9.17) is 9.84 Å². The number of aryl methyl sites for hydroxylation is 1. The number of aromatic nitrogens is 4. The highest BCUT2D eigenvalue weighted by molar-refractivity contribution is 9.10. The van der Waals surface area contributed by atoms with Crippen molar-refractivity contribution < 1.29 is 19.4 Å². The maximum Gasteiger partial charge on any atom is 0.412 e. The van der Waals surface area contributed by atoms with E-state index in [1.807, 2.05) is 6.92 Å². The number of imidazole rings is 1. The van der Waals surface area contributed by atoms with Gasteiger partial charge in [0.25, 0.3) is 5.56 Å². The molecular formula is C21H16BrN5O5. The summed E-state index contributed by atoms with van der Waals surface area (Å²) in [5.74, 6) is -1.40. The first-order valence-corrected chi connectivity index (χ1v) is 10.1. The van der Waals surface area contributed by atoms with Gasteiger partial charge in [-0.1, -0.05) is 15.9 Å². The van der Waals surface area contributed by atoms with Crippen LogP contribution in [0.25, 0.3) is 16.7 Å². The molecule has 11 heteroatoms. The van der Waals surface area contributed by atoms with Crippen LogP contribution in [-0.2, 0) is 11.3 Å². The van der Waals surface area contributed by atoms with Gasteiger partial charge >= 0.3 is 12.1 Å². The number of hydrogen-bond acceptors (Lipinski definition) is 6. The number of rotatable bonds is 5. The van der Waals surface area contributed by atoms with E-state index in [-0.39, 0.29) is 6.61 Å². The average molecular weight is 498 g/mol. The van der Waals surface area contributed by atoms with Gasteiger partial charge in [0.05, 0.1) is 28.7 Å². The van der Waals surface area contributed by atoms with Crippen LogP contribution in [0.2, 0.25) is 0 Å². The summed E-state index contributed by atoms with van der Waals surface area (Å²) in [7, 11) is 0.